The monoisotopic (exact) mass is 2040 g/mol. The van der Waals surface area contributed by atoms with E-state index in [4.69, 9.17) is 95.4 Å². The quantitative estimate of drug-likeness (QED) is 0.0333. The van der Waals surface area contributed by atoms with Crippen LogP contribution in [0, 0.1) is 6.92 Å². The number of pyridine rings is 10. The summed E-state index contributed by atoms with van der Waals surface area (Å²) in [5.41, 5.74) is 20.1. The molecule has 1 aliphatic heterocycles. The first-order valence-electron chi connectivity index (χ1n) is 47.1. The molecule has 9 aromatic carbocycles. The number of hydrogen-bond acceptors (Lipinski definition) is 20. The fraction of sp³-hybridized carbons (Fsp3) is 0.164. The standard InChI is InChI=1S/C19H17ClN2.C18H17ClN2O.C17H19ClN2.C16H13ClN4.C16H13ClN2O.C15H11ClN2O.C15H11ClN2S/c20-14-8-9-16-18(10-11-21-19(16)12-14)22-17-7-3-5-13-4-1-2-6-15(13)17;1-22-15-4-2-3-13(11-15)7-9-20-17-8-10-21-18-12-14(19)5-6-16(17)18;18-14-6-7-15-16(9-11-20-17(15)12-14)19-10-8-13-4-2-1-3-5-13;17-10-5-6-11-12(7-8-18-15(11)9-10)19-16-20-13-3-1-2-4-14(13)21-16;1-11-3-2-4-13(19-11)10-20-16-7-8-18-15-9-12(17)5-6-14(15)16;2*16-11-4-5-13-14(9-11)18-8-6-15(13)19-10-12-3-1-2-7-17-12/h1-2,4,6,8-12,17H,3,5,7H2,(H,21,22);2-6,8,10-12H,7,9H2,1H3,(H,20,21);4,6-7,9,11-12H,1-3,5,8,10H2,(H,19,20);1-9,13-14H,(H2,18,19,20,21);2-9H,10H2,1H3;2*1-9H,10H2. The van der Waals surface area contributed by atoms with Crippen LogP contribution in [-0.2, 0) is 31.8 Å². The minimum atomic E-state index is 0.167. The highest BCUT2D eigenvalue weighted by Crippen LogP contribution is 2.38. The average molecular weight is 2050 g/mol. The Hall–Kier alpha value is -14.0. The number of ether oxygens (including phenoxy) is 3. The number of nitrogens with one attached hydrogen (secondary N) is 5. The van der Waals surface area contributed by atoms with E-state index in [1.165, 1.54) is 60.1 Å². The van der Waals surface area contributed by atoms with E-state index < -0.39 is 0 Å². The van der Waals surface area contributed by atoms with Crippen LogP contribution in [0.4, 0.5) is 22.7 Å². The maximum absolute atomic E-state index is 6.07. The topological polar surface area (TPSA) is 229 Å². The van der Waals surface area contributed by atoms with Gasteiger partial charge in [0.05, 0.1) is 86.6 Å². The normalized spacial score (nSPS) is 14.1. The lowest BCUT2D eigenvalue weighted by Crippen LogP contribution is -2.35. The Kier molecular flexibility index (Phi) is 35.5. The first-order valence-corrected chi connectivity index (χ1v) is 50.7. The van der Waals surface area contributed by atoms with E-state index in [1.807, 2.05) is 280 Å². The number of anilines is 4. The van der Waals surface area contributed by atoms with Crippen molar-refractivity contribution in [3.05, 3.63) is 439 Å². The molecule has 0 saturated heterocycles. The van der Waals surface area contributed by atoms with Crippen LogP contribution in [0.15, 0.2) is 375 Å². The van der Waals surface area contributed by atoms with E-state index >= 15 is 0 Å². The average Bonchev–Trinajstić information content (AvgIpc) is 1.57. The van der Waals surface area contributed by atoms with Crippen molar-refractivity contribution in [2.45, 2.75) is 107 Å². The van der Waals surface area contributed by atoms with Crippen molar-refractivity contribution >= 4 is 198 Å². The molecule has 0 bridgehead atoms. The maximum atomic E-state index is 6.07. The zero-order valence-corrected chi connectivity index (χ0v) is 84.5. The summed E-state index contributed by atoms with van der Waals surface area (Å²) in [4.78, 5) is 49.2. The molecule has 19 aromatic rings. The lowest BCUT2D eigenvalue weighted by Gasteiger charge is -2.27. The molecule has 3 unspecified atom stereocenters. The molecule has 718 valence electrons. The molecule has 10 aromatic heterocycles. The fourth-order valence-electron chi connectivity index (χ4n) is 16.9. The summed E-state index contributed by atoms with van der Waals surface area (Å²) in [6, 6.07) is 89.2. The summed E-state index contributed by atoms with van der Waals surface area (Å²) in [5.74, 6) is 4.09. The van der Waals surface area contributed by atoms with Crippen molar-refractivity contribution in [2.24, 2.45) is 4.99 Å². The van der Waals surface area contributed by atoms with Crippen LogP contribution >= 0.6 is 93.0 Å². The summed E-state index contributed by atoms with van der Waals surface area (Å²) < 4.78 is 16.9. The molecule has 23 rings (SSSR count). The summed E-state index contributed by atoms with van der Waals surface area (Å²) in [7, 11) is 1.69. The third kappa shape index (κ3) is 28.3. The van der Waals surface area contributed by atoms with Crippen LogP contribution in [0.25, 0.3) is 76.3 Å². The molecule has 143 heavy (non-hydrogen) atoms. The van der Waals surface area contributed by atoms with Gasteiger partial charge in [-0.3, -0.25) is 49.8 Å². The Morgan fingerprint density at radius 2 is 0.874 bits per heavy atom. The molecule has 5 N–H and O–H groups in total. The predicted molar refractivity (Wildman–Crippen MR) is 594 cm³/mol. The maximum Gasteiger partial charge on any atom is 0.197 e. The van der Waals surface area contributed by atoms with Gasteiger partial charge < -0.3 is 40.8 Å². The van der Waals surface area contributed by atoms with Gasteiger partial charge in [-0.15, -0.1) is 11.8 Å². The van der Waals surface area contributed by atoms with Crippen molar-refractivity contribution in [3.63, 3.8) is 0 Å². The Balaban J connectivity index is 0.000000115. The Bertz CT molecular complexity index is 7620. The number of halogens is 7. The van der Waals surface area contributed by atoms with Gasteiger partial charge in [-0.05, 0) is 294 Å². The van der Waals surface area contributed by atoms with E-state index in [0.29, 0.717) is 44.4 Å². The number of benzene rings is 9. The van der Waals surface area contributed by atoms with Crippen LogP contribution in [0.2, 0.25) is 35.2 Å². The molecule has 11 heterocycles. The largest absolute Gasteiger partial charge is 0.497 e. The van der Waals surface area contributed by atoms with Gasteiger partial charge >= 0.3 is 0 Å². The molecular weight excluding hydrogens is 1950 g/mol. The van der Waals surface area contributed by atoms with Gasteiger partial charge in [0.2, 0.25) is 0 Å². The van der Waals surface area contributed by atoms with Crippen LogP contribution in [0.3, 0.4) is 0 Å². The van der Waals surface area contributed by atoms with Crippen LogP contribution in [0.5, 0.6) is 17.2 Å². The molecular formula is C116H101Cl7N16O3S. The lowest BCUT2D eigenvalue weighted by molar-refractivity contribution is 0.304. The van der Waals surface area contributed by atoms with Crippen LogP contribution in [0.1, 0.15) is 90.5 Å². The summed E-state index contributed by atoms with van der Waals surface area (Å²) in [5, 5.41) is 29.7. The fourth-order valence-corrected chi connectivity index (χ4v) is 19.1. The van der Waals surface area contributed by atoms with Gasteiger partial charge in [0.25, 0.3) is 0 Å². The van der Waals surface area contributed by atoms with E-state index in [0.717, 1.165) is 193 Å². The molecule has 27 heteroatoms. The number of aryl methyl sites for hydroxylation is 2. The van der Waals surface area contributed by atoms with E-state index in [1.54, 1.807) is 55.4 Å². The highest BCUT2D eigenvalue weighted by atomic mass is 35.5. The number of methoxy groups -OCH3 is 1. The summed E-state index contributed by atoms with van der Waals surface area (Å²) in [6.45, 7) is 4.65. The van der Waals surface area contributed by atoms with Gasteiger partial charge in [-0.1, -0.05) is 178 Å². The second kappa shape index (κ2) is 50.6. The van der Waals surface area contributed by atoms with E-state index in [9.17, 15) is 0 Å². The van der Waals surface area contributed by atoms with Gasteiger partial charge in [0.1, 0.15) is 30.5 Å². The summed E-state index contributed by atoms with van der Waals surface area (Å²) >= 11 is 43.8. The SMILES string of the molecule is COc1cccc(CCNc2ccnc3cc(Cl)ccc23)c1.Cc1cccc(COc2ccnc3cc(Cl)ccc23)n1.Clc1ccc2c(NC3=NC4C=CC=CC4N3)ccnc2c1.Clc1ccc2c(NC3CCCc4ccccc43)ccnc2c1.Clc1ccc2c(NCCC3=CCCCC3)ccnc2c1.Clc1ccc2c(OCc3ccccn3)ccnc2c1.Clc1ccc2c(SCc3ccccn3)ccnc2c1. The molecule has 19 nitrogen and oxygen atoms in total. The third-order valence-electron chi connectivity index (χ3n) is 24.0. The minimum absolute atomic E-state index is 0.167. The number of aromatic nitrogens is 10. The van der Waals surface area contributed by atoms with Gasteiger partial charge in [-0.25, -0.2) is 4.99 Å². The first kappa shape index (κ1) is 100. The molecule has 0 fully saturated rings. The number of nitrogens with zero attached hydrogens (tertiary/aromatic N) is 11. The van der Waals surface area contributed by atoms with Crippen LogP contribution in [-0.4, -0.2) is 88.1 Å². The molecule has 0 spiro atoms. The highest BCUT2D eigenvalue weighted by molar-refractivity contribution is 7.98. The van der Waals surface area contributed by atoms with Gasteiger partial charge in [-0.2, -0.15) is 0 Å². The molecule has 0 radical (unpaired) electrons. The number of allylic oxidation sites excluding steroid dienone is 3. The Labute approximate surface area is 870 Å². The second-order valence-electron chi connectivity index (χ2n) is 33.9. The molecule has 0 saturated carbocycles. The van der Waals surface area contributed by atoms with Crippen molar-refractivity contribution in [2.75, 3.05) is 41.5 Å². The zero-order chi connectivity index (χ0) is 98.4. The third-order valence-corrected chi connectivity index (χ3v) is 26.7. The van der Waals surface area contributed by atoms with Gasteiger partial charge in [0, 0.05) is 175 Å². The number of thioether (sulfide) groups is 1. The summed E-state index contributed by atoms with van der Waals surface area (Å²) in [6.07, 6.45) is 37.6. The number of rotatable bonds is 21. The van der Waals surface area contributed by atoms with Crippen molar-refractivity contribution in [3.8, 4) is 17.2 Å². The van der Waals surface area contributed by atoms with E-state index in [2.05, 4.69) is 136 Å². The zero-order valence-electron chi connectivity index (χ0n) is 78.4. The van der Waals surface area contributed by atoms with Gasteiger partial charge in [0.15, 0.2) is 5.96 Å². The predicted octanol–water partition coefficient (Wildman–Crippen LogP) is 30.9. The number of hydrogen-bond donors (Lipinski definition) is 5. The molecule has 0 amide bonds. The van der Waals surface area contributed by atoms with Crippen LogP contribution < -0.4 is 40.8 Å². The number of guanidine groups is 1. The first-order chi connectivity index (χ1) is 70.1. The lowest BCUT2D eigenvalue weighted by atomic mass is 9.87. The van der Waals surface area contributed by atoms with Crippen molar-refractivity contribution in [1.82, 2.24) is 55.2 Å². The minimum Gasteiger partial charge on any atom is -0.497 e. The van der Waals surface area contributed by atoms with Crippen molar-refractivity contribution < 1.29 is 14.2 Å². The number of aliphatic imine (C=N–C) groups is 1. The Morgan fingerprint density at radius 3 is 1.43 bits per heavy atom. The molecule has 4 aliphatic rings. The Morgan fingerprint density at radius 1 is 0.399 bits per heavy atom. The number of fused-ring (bicyclic) bond motifs is 9. The molecule has 3 aliphatic carbocycles. The highest BCUT2D eigenvalue weighted by Gasteiger charge is 2.27. The second-order valence-corrected chi connectivity index (χ2v) is 38.0. The smallest absolute Gasteiger partial charge is 0.197 e. The molecule has 3 atom stereocenters. The van der Waals surface area contributed by atoms with Crippen molar-refractivity contribution in [1.29, 1.82) is 0 Å². The van der Waals surface area contributed by atoms with E-state index in [-0.39, 0.29) is 12.1 Å².